The number of halogens is 3. The van der Waals surface area contributed by atoms with E-state index in [-0.39, 0.29) is 17.9 Å². The van der Waals surface area contributed by atoms with Crippen molar-refractivity contribution in [3.8, 4) is 0 Å². The Morgan fingerprint density at radius 1 is 0.947 bits per heavy atom. The topological polar surface area (TPSA) is 12.0 Å². The highest BCUT2D eigenvalue weighted by Gasteiger charge is 2.30. The van der Waals surface area contributed by atoms with Gasteiger partial charge in [0.1, 0.15) is 5.82 Å². The largest absolute Gasteiger partial charge is 0.307 e. The number of hydrogen-bond acceptors (Lipinski definition) is 1. The van der Waals surface area contributed by atoms with Crippen molar-refractivity contribution < 1.29 is 13.2 Å². The number of benzene rings is 2. The van der Waals surface area contributed by atoms with Gasteiger partial charge in [-0.3, -0.25) is 0 Å². The fourth-order valence-corrected chi connectivity index (χ4v) is 1.79. The van der Waals surface area contributed by atoms with Crippen molar-refractivity contribution in [2.45, 2.75) is 12.5 Å². The molecule has 1 nitrogen and oxygen atoms in total. The Bertz CT molecular complexity index is 526. The molecular formula is C15H14F3N. The standard InChI is InChI=1S/C15H14F3N/c16-14-8-4-5-12(9-14)10-19-11-15(17,18)13-6-2-1-3-7-13/h1-9,19H,10-11H2. The van der Waals surface area contributed by atoms with Crippen LogP contribution in [0.3, 0.4) is 0 Å². The minimum absolute atomic E-state index is 0.0262. The molecule has 0 saturated heterocycles. The summed E-state index contributed by atoms with van der Waals surface area (Å²) in [6.07, 6.45) is 0. The van der Waals surface area contributed by atoms with E-state index >= 15 is 0 Å². The van der Waals surface area contributed by atoms with Crippen LogP contribution in [0.5, 0.6) is 0 Å². The van der Waals surface area contributed by atoms with E-state index < -0.39 is 12.5 Å². The number of rotatable bonds is 5. The molecule has 0 bridgehead atoms. The minimum Gasteiger partial charge on any atom is -0.307 e. The molecule has 2 aromatic rings. The predicted octanol–water partition coefficient (Wildman–Crippen LogP) is 3.71. The van der Waals surface area contributed by atoms with Gasteiger partial charge in [0.25, 0.3) is 5.92 Å². The van der Waals surface area contributed by atoms with Crippen LogP contribution in [0.15, 0.2) is 54.6 Å². The van der Waals surface area contributed by atoms with Gasteiger partial charge in [-0.15, -0.1) is 0 Å². The monoisotopic (exact) mass is 265 g/mol. The first-order chi connectivity index (χ1) is 9.08. The van der Waals surface area contributed by atoms with Crippen LogP contribution in [0, 0.1) is 5.82 Å². The molecule has 0 saturated carbocycles. The summed E-state index contributed by atoms with van der Waals surface area (Å²) < 4.78 is 40.5. The lowest BCUT2D eigenvalue weighted by Gasteiger charge is -2.17. The highest BCUT2D eigenvalue weighted by Crippen LogP contribution is 2.26. The molecule has 0 atom stereocenters. The van der Waals surface area contributed by atoms with Crippen molar-refractivity contribution in [1.29, 1.82) is 0 Å². The van der Waals surface area contributed by atoms with E-state index in [0.29, 0.717) is 5.56 Å². The zero-order valence-electron chi connectivity index (χ0n) is 10.2. The Morgan fingerprint density at radius 2 is 1.68 bits per heavy atom. The maximum Gasteiger partial charge on any atom is 0.285 e. The number of hydrogen-bond donors (Lipinski definition) is 1. The van der Waals surface area contributed by atoms with E-state index in [2.05, 4.69) is 5.32 Å². The highest BCUT2D eigenvalue weighted by molar-refractivity contribution is 5.20. The molecule has 0 aliphatic carbocycles. The molecule has 0 unspecified atom stereocenters. The van der Waals surface area contributed by atoms with Gasteiger partial charge in [-0.1, -0.05) is 42.5 Å². The SMILES string of the molecule is Fc1cccc(CNCC(F)(F)c2ccccc2)c1. The van der Waals surface area contributed by atoms with E-state index in [1.165, 1.54) is 24.3 Å². The fraction of sp³-hybridized carbons (Fsp3) is 0.200. The first kappa shape index (κ1) is 13.6. The van der Waals surface area contributed by atoms with Crippen LogP contribution in [0.4, 0.5) is 13.2 Å². The maximum absolute atomic E-state index is 13.8. The Kier molecular flexibility index (Phi) is 4.22. The lowest BCUT2D eigenvalue weighted by Crippen LogP contribution is -2.30. The average molecular weight is 265 g/mol. The van der Waals surface area contributed by atoms with Crippen LogP contribution >= 0.6 is 0 Å². The van der Waals surface area contributed by atoms with Gasteiger partial charge in [0.05, 0.1) is 6.54 Å². The molecule has 2 rings (SSSR count). The van der Waals surface area contributed by atoms with Crippen molar-refractivity contribution >= 4 is 0 Å². The third-order valence-electron chi connectivity index (χ3n) is 2.76. The van der Waals surface area contributed by atoms with Gasteiger partial charge in [0.2, 0.25) is 0 Å². The van der Waals surface area contributed by atoms with Crippen LogP contribution in [-0.2, 0) is 12.5 Å². The number of alkyl halides is 2. The Balaban J connectivity index is 1.92. The highest BCUT2D eigenvalue weighted by atomic mass is 19.3. The minimum atomic E-state index is -2.94. The lowest BCUT2D eigenvalue weighted by molar-refractivity contribution is -0.00343. The molecular weight excluding hydrogens is 251 g/mol. The summed E-state index contributed by atoms with van der Waals surface area (Å²) in [6.45, 7) is -0.270. The Labute approximate surface area is 110 Å². The predicted molar refractivity (Wildman–Crippen MR) is 68.4 cm³/mol. The first-order valence-corrected chi connectivity index (χ1v) is 5.96. The van der Waals surface area contributed by atoms with E-state index in [4.69, 9.17) is 0 Å². The Hall–Kier alpha value is -1.81. The molecule has 2 aromatic carbocycles. The quantitative estimate of drug-likeness (QED) is 0.869. The van der Waals surface area contributed by atoms with Crippen LogP contribution < -0.4 is 5.32 Å². The van der Waals surface area contributed by atoms with E-state index in [9.17, 15) is 13.2 Å². The van der Waals surface area contributed by atoms with Crippen LogP contribution in [0.1, 0.15) is 11.1 Å². The van der Waals surface area contributed by atoms with E-state index in [0.717, 1.165) is 0 Å². The molecule has 0 fully saturated rings. The molecule has 1 N–H and O–H groups in total. The molecule has 19 heavy (non-hydrogen) atoms. The molecule has 0 heterocycles. The number of nitrogens with one attached hydrogen (secondary N) is 1. The molecule has 0 spiro atoms. The summed E-state index contributed by atoms with van der Waals surface area (Å²) in [5, 5.41) is 2.65. The van der Waals surface area contributed by atoms with Crippen molar-refractivity contribution in [1.82, 2.24) is 5.32 Å². The molecule has 0 radical (unpaired) electrons. The lowest BCUT2D eigenvalue weighted by atomic mass is 10.1. The average Bonchev–Trinajstić information content (AvgIpc) is 2.40. The molecule has 4 heteroatoms. The third kappa shape index (κ3) is 3.83. The molecule has 0 aliphatic rings. The van der Waals surface area contributed by atoms with Crippen molar-refractivity contribution in [3.05, 3.63) is 71.5 Å². The summed E-state index contributed by atoms with van der Waals surface area (Å²) >= 11 is 0. The summed E-state index contributed by atoms with van der Waals surface area (Å²) in [4.78, 5) is 0. The molecule has 0 aromatic heterocycles. The summed E-state index contributed by atoms with van der Waals surface area (Å²) in [5.41, 5.74) is 0.616. The summed E-state index contributed by atoms with van der Waals surface area (Å²) in [7, 11) is 0. The normalized spacial score (nSPS) is 11.5. The second-order valence-corrected chi connectivity index (χ2v) is 4.30. The smallest absolute Gasteiger partial charge is 0.285 e. The van der Waals surface area contributed by atoms with Gasteiger partial charge in [-0.05, 0) is 17.7 Å². The van der Waals surface area contributed by atoms with Gasteiger partial charge in [-0.25, -0.2) is 4.39 Å². The van der Waals surface area contributed by atoms with Gasteiger partial charge in [0, 0.05) is 12.1 Å². The van der Waals surface area contributed by atoms with Crippen LogP contribution in [0.2, 0.25) is 0 Å². The molecule has 0 amide bonds. The first-order valence-electron chi connectivity index (χ1n) is 5.96. The van der Waals surface area contributed by atoms with Gasteiger partial charge in [0.15, 0.2) is 0 Å². The molecule has 0 aliphatic heterocycles. The van der Waals surface area contributed by atoms with E-state index in [1.807, 2.05) is 0 Å². The van der Waals surface area contributed by atoms with Gasteiger partial charge in [-0.2, -0.15) is 8.78 Å². The third-order valence-corrected chi connectivity index (χ3v) is 2.76. The maximum atomic E-state index is 13.8. The zero-order valence-corrected chi connectivity index (χ0v) is 10.2. The second kappa shape index (κ2) is 5.89. The van der Waals surface area contributed by atoms with Gasteiger partial charge >= 0.3 is 0 Å². The van der Waals surface area contributed by atoms with Crippen molar-refractivity contribution in [2.75, 3.05) is 6.54 Å². The second-order valence-electron chi connectivity index (χ2n) is 4.30. The van der Waals surface area contributed by atoms with Crippen LogP contribution in [-0.4, -0.2) is 6.54 Å². The van der Waals surface area contributed by atoms with E-state index in [1.54, 1.807) is 30.3 Å². The summed E-state index contributed by atoms with van der Waals surface area (Å²) in [5.74, 6) is -3.30. The van der Waals surface area contributed by atoms with Crippen molar-refractivity contribution in [3.63, 3.8) is 0 Å². The summed E-state index contributed by atoms with van der Waals surface area (Å²) in [6, 6.07) is 13.5. The molecule has 100 valence electrons. The zero-order chi connectivity index (χ0) is 13.7. The van der Waals surface area contributed by atoms with Crippen molar-refractivity contribution in [2.24, 2.45) is 0 Å². The van der Waals surface area contributed by atoms with Crippen LogP contribution in [0.25, 0.3) is 0 Å². The van der Waals surface area contributed by atoms with Gasteiger partial charge < -0.3 is 5.32 Å². The fourth-order valence-electron chi connectivity index (χ4n) is 1.79. The Morgan fingerprint density at radius 3 is 2.37 bits per heavy atom.